The molecule has 0 aliphatic carbocycles. The Hall–Kier alpha value is -1.86. The Bertz CT molecular complexity index is 586. The number of carbonyl (C=O) groups excluding carboxylic acids is 1. The van der Waals surface area contributed by atoms with Gasteiger partial charge in [-0.15, -0.1) is 12.4 Å². The number of rotatable bonds is 5. The maximum atomic E-state index is 12.5. The van der Waals surface area contributed by atoms with Crippen molar-refractivity contribution in [3.05, 3.63) is 34.4 Å². The molecule has 0 saturated carbocycles. The van der Waals surface area contributed by atoms with Crippen LogP contribution in [0.1, 0.15) is 26.7 Å². The summed E-state index contributed by atoms with van der Waals surface area (Å²) in [5.74, 6) is -0.0157. The van der Waals surface area contributed by atoms with Gasteiger partial charge in [0.15, 0.2) is 0 Å². The minimum atomic E-state index is -0.817. The van der Waals surface area contributed by atoms with Gasteiger partial charge < -0.3 is 15.5 Å². The first kappa shape index (κ1) is 20.2. The van der Waals surface area contributed by atoms with Gasteiger partial charge in [-0.25, -0.2) is 0 Å². The first-order valence-electron chi connectivity index (χ1n) is 7.93. The number of hydrogen-bond acceptors (Lipinski definition) is 5. The van der Waals surface area contributed by atoms with Gasteiger partial charge in [0.1, 0.15) is 0 Å². The Morgan fingerprint density at radius 2 is 1.96 bits per heavy atom. The Labute approximate surface area is 148 Å². The summed E-state index contributed by atoms with van der Waals surface area (Å²) in [6.07, 6.45) is 1.53. The highest BCUT2D eigenvalue weighted by Crippen LogP contribution is 2.23. The van der Waals surface area contributed by atoms with E-state index in [1.54, 1.807) is 24.0 Å². The predicted molar refractivity (Wildman–Crippen MR) is 96.6 cm³/mol. The zero-order chi connectivity index (χ0) is 17.0. The fraction of sp³-hybridized carbons (Fsp3) is 0.562. The van der Waals surface area contributed by atoms with Crippen molar-refractivity contribution >= 4 is 29.7 Å². The smallest absolute Gasteiger partial charge is 0.271 e. The molecule has 1 unspecified atom stereocenters. The van der Waals surface area contributed by atoms with Crippen LogP contribution in [0.25, 0.3) is 0 Å². The van der Waals surface area contributed by atoms with E-state index in [-0.39, 0.29) is 24.0 Å². The number of anilines is 1. The summed E-state index contributed by atoms with van der Waals surface area (Å²) >= 11 is 0. The Balaban J connectivity index is 0.00000288. The largest absolute Gasteiger partial charge is 0.368 e. The van der Waals surface area contributed by atoms with Crippen LogP contribution in [-0.2, 0) is 4.79 Å². The van der Waals surface area contributed by atoms with Crippen molar-refractivity contribution in [2.75, 3.05) is 31.1 Å². The lowest BCUT2D eigenvalue weighted by Gasteiger charge is -2.39. The van der Waals surface area contributed by atoms with E-state index in [4.69, 9.17) is 5.73 Å². The van der Waals surface area contributed by atoms with Crippen molar-refractivity contribution in [1.82, 2.24) is 4.90 Å². The number of carbonyl (C=O) groups is 1. The van der Waals surface area contributed by atoms with Gasteiger partial charge in [0, 0.05) is 44.0 Å². The molecule has 2 N–H and O–H groups in total. The highest BCUT2D eigenvalue weighted by atomic mass is 35.5. The number of nitro benzene ring substituents is 1. The van der Waals surface area contributed by atoms with Crippen LogP contribution in [0.2, 0.25) is 0 Å². The standard InChI is InChI=1S/C16H24N4O3.ClH/c1-3-7-16(2,17)15(21)19-10-8-18(9-11-19)13-5-4-6-14(12-13)20(22)23;/h4-6,12H,3,7-11,17H2,1-2H3;1H. The number of hydrogen-bond donors (Lipinski definition) is 1. The molecule has 1 aromatic rings. The molecule has 1 aliphatic rings. The molecule has 1 aliphatic heterocycles. The minimum Gasteiger partial charge on any atom is -0.368 e. The highest BCUT2D eigenvalue weighted by Gasteiger charge is 2.33. The van der Waals surface area contributed by atoms with E-state index in [1.807, 2.05) is 13.0 Å². The van der Waals surface area contributed by atoms with Crippen molar-refractivity contribution in [2.45, 2.75) is 32.2 Å². The van der Waals surface area contributed by atoms with Crippen LogP contribution >= 0.6 is 12.4 Å². The van der Waals surface area contributed by atoms with Gasteiger partial charge in [-0.1, -0.05) is 19.4 Å². The van der Waals surface area contributed by atoms with E-state index < -0.39 is 10.5 Å². The molecule has 1 amide bonds. The lowest BCUT2D eigenvalue weighted by Crippen LogP contribution is -2.58. The fourth-order valence-electron chi connectivity index (χ4n) is 2.96. The van der Waals surface area contributed by atoms with E-state index in [2.05, 4.69) is 4.90 Å². The first-order valence-corrected chi connectivity index (χ1v) is 7.93. The van der Waals surface area contributed by atoms with E-state index in [9.17, 15) is 14.9 Å². The Kier molecular flexibility index (Phi) is 6.98. The third-order valence-corrected chi connectivity index (χ3v) is 4.23. The molecule has 1 saturated heterocycles. The van der Waals surface area contributed by atoms with Crippen LogP contribution in [-0.4, -0.2) is 47.4 Å². The topological polar surface area (TPSA) is 92.7 Å². The summed E-state index contributed by atoms with van der Waals surface area (Å²) < 4.78 is 0. The third-order valence-electron chi connectivity index (χ3n) is 4.23. The zero-order valence-corrected chi connectivity index (χ0v) is 14.9. The number of nitro groups is 1. The molecule has 0 spiro atoms. The van der Waals surface area contributed by atoms with Crippen molar-refractivity contribution in [2.24, 2.45) is 5.73 Å². The van der Waals surface area contributed by atoms with Crippen molar-refractivity contribution < 1.29 is 9.72 Å². The van der Waals surface area contributed by atoms with Crippen molar-refractivity contribution in [1.29, 1.82) is 0 Å². The summed E-state index contributed by atoms with van der Waals surface area (Å²) in [5, 5.41) is 10.9. The van der Waals surface area contributed by atoms with Crippen LogP contribution in [0, 0.1) is 10.1 Å². The summed E-state index contributed by atoms with van der Waals surface area (Å²) in [7, 11) is 0. The lowest BCUT2D eigenvalue weighted by molar-refractivity contribution is -0.384. The van der Waals surface area contributed by atoms with Gasteiger partial charge in [-0.3, -0.25) is 14.9 Å². The van der Waals surface area contributed by atoms with Crippen LogP contribution in [0.3, 0.4) is 0 Å². The number of nitrogens with zero attached hydrogens (tertiary/aromatic N) is 3. The molecule has 0 bridgehead atoms. The molecule has 7 nitrogen and oxygen atoms in total. The second-order valence-corrected chi connectivity index (χ2v) is 6.22. The molecular formula is C16H25ClN4O3. The predicted octanol–water partition coefficient (Wildman–Crippen LogP) is 2.18. The number of non-ortho nitro benzene ring substituents is 1. The van der Waals surface area contributed by atoms with Crippen LogP contribution in [0.15, 0.2) is 24.3 Å². The molecule has 134 valence electrons. The second kappa shape index (κ2) is 8.30. The third kappa shape index (κ3) is 4.58. The molecule has 0 radical (unpaired) electrons. The number of benzene rings is 1. The van der Waals surface area contributed by atoms with Crippen LogP contribution < -0.4 is 10.6 Å². The van der Waals surface area contributed by atoms with Crippen molar-refractivity contribution in [3.8, 4) is 0 Å². The maximum Gasteiger partial charge on any atom is 0.271 e. The minimum absolute atomic E-state index is 0. The second-order valence-electron chi connectivity index (χ2n) is 6.22. The number of nitrogens with two attached hydrogens (primary N) is 1. The Morgan fingerprint density at radius 3 is 2.50 bits per heavy atom. The van der Waals surface area contributed by atoms with Gasteiger partial charge in [-0.05, 0) is 19.4 Å². The van der Waals surface area contributed by atoms with Crippen molar-refractivity contribution in [3.63, 3.8) is 0 Å². The van der Waals surface area contributed by atoms with Gasteiger partial charge >= 0.3 is 0 Å². The lowest BCUT2D eigenvalue weighted by atomic mass is 9.95. The molecule has 2 rings (SSSR count). The normalized spacial score (nSPS) is 17.0. The molecule has 0 aromatic heterocycles. The van der Waals surface area contributed by atoms with Gasteiger partial charge in [0.2, 0.25) is 5.91 Å². The molecular weight excluding hydrogens is 332 g/mol. The average molecular weight is 357 g/mol. The zero-order valence-electron chi connectivity index (χ0n) is 14.1. The van der Waals surface area contributed by atoms with E-state index in [0.29, 0.717) is 32.6 Å². The van der Waals surface area contributed by atoms with E-state index in [1.165, 1.54) is 6.07 Å². The van der Waals surface area contributed by atoms with E-state index >= 15 is 0 Å². The summed E-state index contributed by atoms with van der Waals surface area (Å²) in [4.78, 5) is 26.8. The quantitative estimate of drug-likeness (QED) is 0.644. The maximum absolute atomic E-state index is 12.5. The summed E-state index contributed by atoms with van der Waals surface area (Å²) in [6.45, 7) is 6.25. The number of piperazine rings is 1. The monoisotopic (exact) mass is 356 g/mol. The average Bonchev–Trinajstić information content (AvgIpc) is 2.54. The SMILES string of the molecule is CCCC(C)(N)C(=O)N1CCN(c2cccc([N+](=O)[O-])c2)CC1.Cl. The molecule has 1 fully saturated rings. The number of amides is 1. The van der Waals surface area contributed by atoms with Crippen LogP contribution in [0.4, 0.5) is 11.4 Å². The molecule has 1 heterocycles. The highest BCUT2D eigenvalue weighted by molar-refractivity contribution is 5.86. The van der Waals surface area contributed by atoms with E-state index in [0.717, 1.165) is 12.1 Å². The molecule has 24 heavy (non-hydrogen) atoms. The number of halogens is 1. The Morgan fingerprint density at radius 1 is 1.33 bits per heavy atom. The van der Waals surface area contributed by atoms with Gasteiger partial charge in [0.05, 0.1) is 10.5 Å². The fourth-order valence-corrected chi connectivity index (χ4v) is 2.96. The molecule has 8 heteroatoms. The molecule has 1 atom stereocenters. The summed E-state index contributed by atoms with van der Waals surface area (Å²) in [6, 6.07) is 6.59. The van der Waals surface area contributed by atoms with Gasteiger partial charge in [-0.2, -0.15) is 0 Å². The summed E-state index contributed by atoms with van der Waals surface area (Å²) in [5.41, 5.74) is 6.20. The molecule has 1 aromatic carbocycles. The van der Waals surface area contributed by atoms with Crippen LogP contribution in [0.5, 0.6) is 0 Å². The van der Waals surface area contributed by atoms with Gasteiger partial charge in [0.25, 0.3) is 5.69 Å². The first-order chi connectivity index (χ1) is 10.8.